The normalized spacial score (nSPS) is 10.7. The zero-order valence-corrected chi connectivity index (χ0v) is 10.2. The molecule has 1 nitrogen and oxygen atoms in total. The number of benzene rings is 1. The molecule has 0 aliphatic heterocycles. The first-order chi connectivity index (χ1) is 7.16. The zero-order chi connectivity index (χ0) is 11.3. The first-order valence-electron chi connectivity index (χ1n) is 5.00. The van der Waals surface area contributed by atoms with Crippen LogP contribution in [-0.4, -0.2) is 13.1 Å². The van der Waals surface area contributed by atoms with Gasteiger partial charge in [-0.2, -0.15) is 0 Å². The van der Waals surface area contributed by atoms with Gasteiger partial charge in [0.05, 0.1) is 4.47 Å². The minimum absolute atomic E-state index is 0.169. The van der Waals surface area contributed by atoms with E-state index in [1.54, 1.807) is 0 Å². The lowest BCUT2D eigenvalue weighted by Crippen LogP contribution is -2.15. The molecular formula is C11H14BrF2N. The Kier molecular flexibility index (Phi) is 5.19. The molecule has 0 unspecified atom stereocenters. The van der Waals surface area contributed by atoms with Crippen LogP contribution < -0.4 is 5.32 Å². The third-order valence-corrected chi connectivity index (χ3v) is 2.78. The Balaban J connectivity index is 2.63. The Bertz CT molecular complexity index is 329. The van der Waals surface area contributed by atoms with Crippen LogP contribution in [0.15, 0.2) is 16.6 Å². The first-order valence-corrected chi connectivity index (χ1v) is 5.79. The van der Waals surface area contributed by atoms with Crippen LogP contribution in [0.25, 0.3) is 0 Å². The van der Waals surface area contributed by atoms with Crippen LogP contribution in [0.5, 0.6) is 0 Å². The summed E-state index contributed by atoms with van der Waals surface area (Å²) in [5.41, 5.74) is 0.169. The van der Waals surface area contributed by atoms with Gasteiger partial charge in [-0.25, -0.2) is 8.78 Å². The van der Waals surface area contributed by atoms with Crippen molar-refractivity contribution in [1.29, 1.82) is 0 Å². The quantitative estimate of drug-likeness (QED) is 0.644. The Morgan fingerprint density at radius 1 is 1.33 bits per heavy atom. The molecule has 1 aromatic carbocycles. The van der Waals surface area contributed by atoms with Crippen molar-refractivity contribution >= 4 is 15.9 Å². The summed E-state index contributed by atoms with van der Waals surface area (Å²) in [6.45, 7) is 3.66. The van der Waals surface area contributed by atoms with E-state index in [1.807, 2.05) is 6.92 Å². The van der Waals surface area contributed by atoms with Gasteiger partial charge in [0.1, 0.15) is 11.6 Å². The van der Waals surface area contributed by atoms with Crippen molar-refractivity contribution in [2.45, 2.75) is 19.8 Å². The molecule has 0 radical (unpaired) electrons. The molecule has 0 aromatic heterocycles. The molecule has 0 saturated heterocycles. The van der Waals surface area contributed by atoms with E-state index in [1.165, 1.54) is 12.1 Å². The molecule has 0 aliphatic carbocycles. The minimum Gasteiger partial charge on any atom is -0.317 e. The third kappa shape index (κ3) is 3.54. The second kappa shape index (κ2) is 6.18. The lowest BCUT2D eigenvalue weighted by molar-refractivity contribution is 0.541. The molecule has 0 spiro atoms. The van der Waals surface area contributed by atoms with Crippen molar-refractivity contribution in [2.24, 2.45) is 0 Å². The lowest BCUT2D eigenvalue weighted by atomic mass is 10.1. The van der Waals surface area contributed by atoms with Gasteiger partial charge in [-0.05, 0) is 54.0 Å². The van der Waals surface area contributed by atoms with Crippen molar-refractivity contribution in [2.75, 3.05) is 13.1 Å². The average molecular weight is 278 g/mol. The fourth-order valence-electron chi connectivity index (χ4n) is 1.37. The number of hydrogen-bond acceptors (Lipinski definition) is 1. The van der Waals surface area contributed by atoms with E-state index < -0.39 is 11.6 Å². The Morgan fingerprint density at radius 2 is 2.07 bits per heavy atom. The van der Waals surface area contributed by atoms with Crippen LogP contribution in [0.2, 0.25) is 0 Å². The molecule has 1 rings (SSSR count). The van der Waals surface area contributed by atoms with Crippen LogP contribution >= 0.6 is 15.9 Å². The molecule has 84 valence electrons. The van der Waals surface area contributed by atoms with E-state index in [2.05, 4.69) is 21.2 Å². The first kappa shape index (κ1) is 12.6. The van der Waals surface area contributed by atoms with E-state index in [4.69, 9.17) is 0 Å². The molecule has 0 aliphatic rings. The van der Waals surface area contributed by atoms with Gasteiger partial charge >= 0.3 is 0 Å². The summed E-state index contributed by atoms with van der Waals surface area (Å²) >= 11 is 3.05. The third-order valence-electron chi connectivity index (χ3n) is 2.17. The fraction of sp³-hybridized carbons (Fsp3) is 0.455. The highest BCUT2D eigenvalue weighted by Crippen LogP contribution is 2.22. The minimum atomic E-state index is -0.480. The zero-order valence-electron chi connectivity index (χ0n) is 8.62. The van der Waals surface area contributed by atoms with Gasteiger partial charge in [-0.15, -0.1) is 0 Å². The predicted octanol–water partition coefficient (Wildman–Crippen LogP) is 3.27. The largest absolute Gasteiger partial charge is 0.317 e. The van der Waals surface area contributed by atoms with Gasteiger partial charge in [-0.3, -0.25) is 0 Å². The van der Waals surface area contributed by atoms with Crippen LogP contribution in [-0.2, 0) is 6.42 Å². The Labute approximate surface area is 97.0 Å². The fourth-order valence-corrected chi connectivity index (χ4v) is 1.74. The summed E-state index contributed by atoms with van der Waals surface area (Å²) in [7, 11) is 0. The Hall–Kier alpha value is -0.480. The highest BCUT2D eigenvalue weighted by Gasteiger charge is 2.11. The Morgan fingerprint density at radius 3 is 2.73 bits per heavy atom. The van der Waals surface area contributed by atoms with Crippen LogP contribution in [0.3, 0.4) is 0 Å². The van der Waals surface area contributed by atoms with E-state index in [-0.39, 0.29) is 5.56 Å². The summed E-state index contributed by atoms with van der Waals surface area (Å²) in [5.74, 6) is -0.946. The smallest absolute Gasteiger partial charge is 0.143 e. The number of halogens is 3. The number of nitrogens with one attached hydrogen (secondary N) is 1. The van der Waals surface area contributed by atoms with Crippen molar-refractivity contribution in [1.82, 2.24) is 5.32 Å². The molecule has 0 bridgehead atoms. The van der Waals surface area contributed by atoms with E-state index in [0.29, 0.717) is 10.9 Å². The molecule has 4 heteroatoms. The summed E-state index contributed by atoms with van der Waals surface area (Å²) < 4.78 is 27.0. The van der Waals surface area contributed by atoms with Gasteiger partial charge in [0.15, 0.2) is 0 Å². The molecule has 1 N–H and O–H groups in total. The number of rotatable bonds is 5. The molecule has 15 heavy (non-hydrogen) atoms. The molecule has 0 amide bonds. The monoisotopic (exact) mass is 277 g/mol. The second-order valence-electron chi connectivity index (χ2n) is 3.28. The molecular weight excluding hydrogens is 264 g/mol. The summed E-state index contributed by atoms with van der Waals surface area (Å²) in [6.07, 6.45) is 1.15. The topological polar surface area (TPSA) is 12.0 Å². The predicted molar refractivity (Wildman–Crippen MR) is 60.9 cm³/mol. The van der Waals surface area contributed by atoms with Gasteiger partial charge in [-0.1, -0.05) is 6.92 Å². The second-order valence-corrected chi connectivity index (χ2v) is 4.13. The molecule has 0 atom stereocenters. The maximum atomic E-state index is 13.5. The molecule has 1 aromatic rings. The van der Waals surface area contributed by atoms with Crippen molar-refractivity contribution in [3.05, 3.63) is 33.8 Å². The maximum Gasteiger partial charge on any atom is 0.143 e. The highest BCUT2D eigenvalue weighted by atomic mass is 79.9. The van der Waals surface area contributed by atoms with Gasteiger partial charge < -0.3 is 5.32 Å². The van der Waals surface area contributed by atoms with Crippen molar-refractivity contribution < 1.29 is 8.78 Å². The van der Waals surface area contributed by atoms with Crippen LogP contribution in [0, 0.1) is 11.6 Å². The van der Waals surface area contributed by atoms with Gasteiger partial charge in [0.2, 0.25) is 0 Å². The lowest BCUT2D eigenvalue weighted by Gasteiger charge is -2.06. The summed E-state index contributed by atoms with van der Waals surface area (Å²) in [5, 5.41) is 3.12. The van der Waals surface area contributed by atoms with E-state index in [9.17, 15) is 8.78 Å². The van der Waals surface area contributed by atoms with Crippen LogP contribution in [0.1, 0.15) is 18.9 Å². The summed E-state index contributed by atoms with van der Waals surface area (Å²) in [4.78, 5) is 0. The van der Waals surface area contributed by atoms with E-state index >= 15 is 0 Å². The van der Waals surface area contributed by atoms with Crippen molar-refractivity contribution in [3.63, 3.8) is 0 Å². The van der Waals surface area contributed by atoms with Crippen molar-refractivity contribution in [3.8, 4) is 0 Å². The van der Waals surface area contributed by atoms with Crippen LogP contribution in [0.4, 0.5) is 8.78 Å². The van der Waals surface area contributed by atoms with Gasteiger partial charge in [0.25, 0.3) is 0 Å². The average Bonchev–Trinajstić information content (AvgIpc) is 2.23. The highest BCUT2D eigenvalue weighted by molar-refractivity contribution is 9.10. The van der Waals surface area contributed by atoms with Gasteiger partial charge in [0, 0.05) is 5.56 Å². The molecule has 0 saturated carbocycles. The molecule has 0 heterocycles. The standard InChI is InChI=1S/C11H14BrF2N/c1-2-15-7-3-4-8-10(13)6-5-9(12)11(8)14/h5-6,15H,2-4,7H2,1H3. The molecule has 0 fully saturated rings. The maximum absolute atomic E-state index is 13.5. The summed E-state index contributed by atoms with van der Waals surface area (Å²) in [6, 6.07) is 2.67. The number of hydrogen-bond donors (Lipinski definition) is 1. The SMILES string of the molecule is CCNCCCc1c(F)ccc(Br)c1F. The van der Waals surface area contributed by atoms with E-state index in [0.717, 1.165) is 19.5 Å².